The van der Waals surface area contributed by atoms with Crippen molar-refractivity contribution in [2.45, 2.75) is 48.0 Å². The Balaban J connectivity index is 2.28. The number of rotatable bonds is 3. The van der Waals surface area contributed by atoms with Crippen molar-refractivity contribution in [2.24, 2.45) is 0 Å². The van der Waals surface area contributed by atoms with Gasteiger partial charge < -0.3 is 0 Å². The molecule has 0 aliphatic heterocycles. The highest BCUT2D eigenvalue weighted by molar-refractivity contribution is 9.11. The van der Waals surface area contributed by atoms with Crippen LogP contribution in [-0.2, 0) is 0 Å². The summed E-state index contributed by atoms with van der Waals surface area (Å²) in [5, 5.41) is 0. The molecular formula is C24H27BBr. The Morgan fingerprint density at radius 3 is 1.46 bits per heavy atom. The van der Waals surface area contributed by atoms with Crippen molar-refractivity contribution >= 4 is 33.6 Å². The number of hydrogen-bond donors (Lipinski definition) is 0. The van der Waals surface area contributed by atoms with Crippen molar-refractivity contribution in [1.82, 2.24) is 0 Å². The van der Waals surface area contributed by atoms with Crippen molar-refractivity contribution in [3.63, 3.8) is 0 Å². The van der Waals surface area contributed by atoms with E-state index in [9.17, 15) is 0 Å². The van der Waals surface area contributed by atoms with E-state index in [4.69, 9.17) is 0 Å². The van der Waals surface area contributed by atoms with Gasteiger partial charge in [0, 0.05) is 0 Å². The summed E-state index contributed by atoms with van der Waals surface area (Å²) in [5.74, 6) is 0. The minimum atomic E-state index is 0.285. The third-order valence-electron chi connectivity index (χ3n) is 5.38. The van der Waals surface area contributed by atoms with E-state index < -0.39 is 0 Å². The fourth-order valence-electron chi connectivity index (χ4n) is 4.52. The van der Waals surface area contributed by atoms with Crippen LogP contribution in [0.25, 0.3) is 0 Å². The summed E-state index contributed by atoms with van der Waals surface area (Å²) in [6.45, 7) is 13.7. The van der Waals surface area contributed by atoms with Crippen molar-refractivity contribution in [1.29, 1.82) is 0 Å². The molecule has 1 radical (unpaired) electrons. The van der Waals surface area contributed by atoms with Gasteiger partial charge in [-0.25, -0.2) is 0 Å². The molecule has 0 bridgehead atoms. The van der Waals surface area contributed by atoms with Gasteiger partial charge in [-0.2, -0.15) is 0 Å². The highest BCUT2D eigenvalue weighted by Gasteiger charge is 2.29. The van der Waals surface area contributed by atoms with Gasteiger partial charge in [0.15, 0.2) is 0 Å². The summed E-state index contributed by atoms with van der Waals surface area (Å²) in [6, 6.07) is 9.29. The third-order valence-corrected chi connectivity index (χ3v) is 5.96. The summed E-state index contributed by atoms with van der Waals surface area (Å²) in [5.41, 5.74) is 12.5. The Labute approximate surface area is 167 Å². The zero-order chi connectivity index (χ0) is 19.0. The largest absolute Gasteiger partial charge is 0.242 e. The van der Waals surface area contributed by atoms with Gasteiger partial charge in [-0.3, -0.25) is 0 Å². The smallest absolute Gasteiger partial charge is 0.0875 e. The number of allylic oxidation sites excluding steroid dienone is 4. The Hall–Kier alpha value is -1.54. The average molecular weight is 406 g/mol. The van der Waals surface area contributed by atoms with Crippen LogP contribution in [0.5, 0.6) is 0 Å². The van der Waals surface area contributed by atoms with E-state index in [1.807, 2.05) is 0 Å². The second-order valence-corrected chi connectivity index (χ2v) is 8.76. The molecule has 0 amide bonds. The molecule has 26 heavy (non-hydrogen) atoms. The molecule has 0 saturated carbocycles. The molecule has 0 unspecified atom stereocenters. The summed E-state index contributed by atoms with van der Waals surface area (Å²) < 4.78 is 0. The molecule has 0 nitrogen and oxygen atoms in total. The van der Waals surface area contributed by atoms with Crippen LogP contribution in [0.4, 0.5) is 0 Å². The molecule has 2 heteroatoms. The molecule has 0 atom stereocenters. The number of benzene rings is 2. The van der Waals surface area contributed by atoms with Gasteiger partial charge in [0.1, 0.15) is 0 Å². The standard InChI is InChI=1S/C24H27BBr/c1-15-11-17(3)23(18(4)12-15)25(21-7-9-22(26)10-8-21)24-19(5)13-16(2)14-20(24)6/h7-9,11-14H,10H2,1-6H3. The topological polar surface area (TPSA) is 0 Å². The van der Waals surface area contributed by atoms with Crippen LogP contribution in [0.15, 0.2) is 48.0 Å². The van der Waals surface area contributed by atoms with Gasteiger partial charge in [-0.1, -0.05) is 108 Å². The Morgan fingerprint density at radius 2 is 1.12 bits per heavy atom. The van der Waals surface area contributed by atoms with Gasteiger partial charge >= 0.3 is 0 Å². The molecule has 3 rings (SSSR count). The number of halogens is 1. The molecule has 1 aliphatic rings. The molecule has 0 N–H and O–H groups in total. The maximum atomic E-state index is 3.64. The van der Waals surface area contributed by atoms with Crippen LogP contribution >= 0.6 is 15.9 Å². The fraction of sp³-hybridized carbons (Fsp3) is 0.292. The SMILES string of the molecule is Cc1cc(C)c(B(C2=CC[C](Br)C=C2)c2c(C)cc(C)cc2C)c(C)c1. The van der Waals surface area contributed by atoms with Gasteiger partial charge in [-0.05, 0) is 48.0 Å². The van der Waals surface area contributed by atoms with Crippen molar-refractivity contribution in [3.8, 4) is 0 Å². The average Bonchev–Trinajstić information content (AvgIpc) is 2.52. The number of aryl methyl sites for hydroxylation is 6. The minimum Gasteiger partial charge on any atom is -0.0875 e. The molecule has 2 aromatic carbocycles. The predicted octanol–water partition coefficient (Wildman–Crippen LogP) is 5.50. The van der Waals surface area contributed by atoms with Crippen LogP contribution in [-0.4, -0.2) is 6.71 Å². The maximum Gasteiger partial charge on any atom is 0.242 e. The monoisotopic (exact) mass is 405 g/mol. The van der Waals surface area contributed by atoms with Crippen LogP contribution in [0.1, 0.15) is 39.8 Å². The molecule has 0 aromatic heterocycles. The Bertz CT molecular complexity index is 801. The van der Waals surface area contributed by atoms with Crippen molar-refractivity contribution in [3.05, 3.63) is 86.2 Å². The Kier molecular flexibility index (Phi) is 5.62. The fourth-order valence-corrected chi connectivity index (χ4v) is 4.82. The third kappa shape index (κ3) is 3.76. The molecular weight excluding hydrogens is 379 g/mol. The lowest BCUT2D eigenvalue weighted by atomic mass is 9.33. The quantitative estimate of drug-likeness (QED) is 0.591. The van der Waals surface area contributed by atoms with E-state index in [1.54, 1.807) is 0 Å². The number of hydrogen-bond acceptors (Lipinski definition) is 0. The van der Waals surface area contributed by atoms with E-state index >= 15 is 0 Å². The van der Waals surface area contributed by atoms with E-state index in [0.717, 1.165) is 6.42 Å². The van der Waals surface area contributed by atoms with Crippen LogP contribution in [0.2, 0.25) is 0 Å². The van der Waals surface area contributed by atoms with E-state index in [1.165, 1.54) is 54.6 Å². The first-order valence-electron chi connectivity index (χ1n) is 9.33. The zero-order valence-electron chi connectivity index (χ0n) is 16.7. The highest BCUT2D eigenvalue weighted by atomic mass is 79.9. The van der Waals surface area contributed by atoms with Gasteiger partial charge in [0.25, 0.3) is 0 Å². The molecule has 133 valence electrons. The highest BCUT2D eigenvalue weighted by Crippen LogP contribution is 2.26. The molecule has 0 fully saturated rings. The first kappa shape index (κ1) is 19.2. The summed E-state index contributed by atoms with van der Waals surface area (Å²) >= 11 is 3.64. The molecule has 1 aliphatic carbocycles. The van der Waals surface area contributed by atoms with Gasteiger partial charge in [0.05, 0.1) is 4.83 Å². The van der Waals surface area contributed by atoms with E-state index in [2.05, 4.69) is 100.0 Å². The first-order valence-corrected chi connectivity index (χ1v) is 10.1. The van der Waals surface area contributed by atoms with E-state index in [0.29, 0.717) is 0 Å². The minimum absolute atomic E-state index is 0.285. The molecule has 0 saturated heterocycles. The lowest BCUT2D eigenvalue weighted by Crippen LogP contribution is -2.49. The van der Waals surface area contributed by atoms with Gasteiger partial charge in [0.2, 0.25) is 6.71 Å². The van der Waals surface area contributed by atoms with Crippen molar-refractivity contribution < 1.29 is 0 Å². The molecule has 2 aromatic rings. The molecule has 0 heterocycles. The predicted molar refractivity (Wildman–Crippen MR) is 120 cm³/mol. The van der Waals surface area contributed by atoms with Crippen LogP contribution in [0.3, 0.4) is 0 Å². The summed E-state index contributed by atoms with van der Waals surface area (Å²) in [7, 11) is 0. The van der Waals surface area contributed by atoms with Gasteiger partial charge in [-0.15, -0.1) is 0 Å². The normalized spacial score (nSPS) is 14.5. The summed E-state index contributed by atoms with van der Waals surface area (Å²) in [4.78, 5) is 1.25. The van der Waals surface area contributed by atoms with Crippen LogP contribution in [0, 0.1) is 46.4 Å². The lowest BCUT2D eigenvalue weighted by Gasteiger charge is -2.26. The summed E-state index contributed by atoms with van der Waals surface area (Å²) in [6.07, 6.45) is 7.85. The van der Waals surface area contributed by atoms with E-state index in [-0.39, 0.29) is 6.71 Å². The Morgan fingerprint density at radius 1 is 0.692 bits per heavy atom. The van der Waals surface area contributed by atoms with Crippen molar-refractivity contribution in [2.75, 3.05) is 0 Å². The lowest BCUT2D eigenvalue weighted by molar-refractivity contribution is 1.22. The second-order valence-electron chi connectivity index (χ2n) is 7.75. The first-order chi connectivity index (χ1) is 12.3. The van der Waals surface area contributed by atoms with Crippen LogP contribution < -0.4 is 10.9 Å². The molecule has 0 spiro atoms. The maximum absolute atomic E-state index is 3.64. The second kappa shape index (κ2) is 7.60. The zero-order valence-corrected chi connectivity index (χ0v) is 18.3.